The maximum absolute atomic E-state index is 12.7. The molecule has 2 N–H and O–H groups in total. The molecule has 0 radical (unpaired) electrons. The highest BCUT2D eigenvalue weighted by Gasteiger charge is 2.27. The van der Waals surface area contributed by atoms with Crippen molar-refractivity contribution in [1.82, 2.24) is 10.2 Å². The molecule has 0 spiro atoms. The van der Waals surface area contributed by atoms with Crippen molar-refractivity contribution < 1.29 is 24.1 Å². The number of nitrogens with one attached hydrogen (secondary N) is 1. The Balaban J connectivity index is 1.38. The lowest BCUT2D eigenvalue weighted by molar-refractivity contribution is -0.123. The van der Waals surface area contributed by atoms with Crippen LogP contribution in [0, 0.1) is 6.92 Å². The zero-order chi connectivity index (χ0) is 22.3. The fraction of sp³-hybridized carbons (Fsp3) is 0.480. The first-order chi connectivity index (χ1) is 15.6. The first-order valence-corrected chi connectivity index (χ1v) is 11.4. The van der Waals surface area contributed by atoms with Gasteiger partial charge in [0, 0.05) is 6.54 Å². The van der Waals surface area contributed by atoms with Crippen molar-refractivity contribution in [3.05, 3.63) is 53.6 Å². The van der Waals surface area contributed by atoms with Gasteiger partial charge in [-0.25, -0.2) is 0 Å². The molecule has 32 heavy (non-hydrogen) atoms. The summed E-state index contributed by atoms with van der Waals surface area (Å²) in [7, 11) is 0. The number of aliphatic hydroxyl groups excluding tert-OH is 1. The lowest BCUT2D eigenvalue weighted by Crippen LogP contribution is -2.47. The highest BCUT2D eigenvalue weighted by molar-refractivity contribution is 5.76. The first kappa shape index (κ1) is 22.4. The molecule has 0 aromatic heterocycles. The molecule has 4 rings (SSSR count). The predicted molar refractivity (Wildman–Crippen MR) is 121 cm³/mol. The number of rotatable bonds is 9. The van der Waals surface area contributed by atoms with Gasteiger partial charge in [-0.3, -0.25) is 4.79 Å². The summed E-state index contributed by atoms with van der Waals surface area (Å²) in [5.74, 6) is 1.91. The van der Waals surface area contributed by atoms with Gasteiger partial charge in [0.15, 0.2) is 11.5 Å². The summed E-state index contributed by atoms with van der Waals surface area (Å²) in [6, 6.07) is 12.8. The lowest BCUT2D eigenvalue weighted by atomic mass is 10.0. The first-order valence-electron chi connectivity index (χ1n) is 11.4. The van der Waals surface area contributed by atoms with E-state index >= 15 is 0 Å². The number of ether oxygens (including phenoxy) is 3. The molecule has 7 heteroatoms. The van der Waals surface area contributed by atoms with Crippen LogP contribution in [-0.4, -0.2) is 61.4 Å². The minimum atomic E-state index is -0.853. The smallest absolute Gasteiger partial charge is 0.223 e. The molecule has 2 aromatic rings. The van der Waals surface area contributed by atoms with Crippen LogP contribution in [0.5, 0.6) is 17.2 Å². The second-order valence-electron chi connectivity index (χ2n) is 8.44. The van der Waals surface area contributed by atoms with Crippen molar-refractivity contribution in [2.24, 2.45) is 0 Å². The Kier molecular flexibility index (Phi) is 7.50. The quantitative estimate of drug-likeness (QED) is 0.624. The number of likely N-dealkylation sites (tertiary alicyclic amines) is 1. The van der Waals surface area contributed by atoms with E-state index in [-0.39, 0.29) is 18.9 Å². The maximum atomic E-state index is 12.7. The SMILES string of the molecule is Cc1ccc(OCCC(=O)NC(CN2CCCC2)[C@H](O)c2ccc3c(c2)OCCO3)cc1. The third-order valence-corrected chi connectivity index (χ3v) is 5.91. The Labute approximate surface area is 189 Å². The van der Waals surface area contributed by atoms with Crippen LogP contribution in [0.15, 0.2) is 42.5 Å². The van der Waals surface area contributed by atoms with E-state index in [1.165, 1.54) is 0 Å². The van der Waals surface area contributed by atoms with Gasteiger partial charge in [-0.15, -0.1) is 0 Å². The van der Waals surface area contributed by atoms with Crippen molar-refractivity contribution in [1.29, 1.82) is 0 Å². The number of amides is 1. The number of carbonyl (C=O) groups is 1. The van der Waals surface area contributed by atoms with Crippen molar-refractivity contribution in [2.75, 3.05) is 39.5 Å². The van der Waals surface area contributed by atoms with Crippen LogP contribution in [0.3, 0.4) is 0 Å². The fourth-order valence-electron chi connectivity index (χ4n) is 4.12. The van der Waals surface area contributed by atoms with E-state index < -0.39 is 12.1 Å². The Morgan fingerprint density at radius 3 is 2.56 bits per heavy atom. The molecule has 0 saturated carbocycles. The van der Waals surface area contributed by atoms with Crippen molar-refractivity contribution in [3.63, 3.8) is 0 Å². The second-order valence-corrected chi connectivity index (χ2v) is 8.44. The number of benzene rings is 2. The standard InChI is InChI=1S/C25H32N2O5/c1-18-4-7-20(8-5-18)30-13-10-24(28)26-21(17-27-11-2-3-12-27)25(29)19-6-9-22-23(16-19)32-15-14-31-22/h4-9,16,21,25,29H,2-3,10-15,17H2,1H3,(H,26,28)/t21?,25-/m1/s1. The molecule has 1 amide bonds. The molecule has 1 fully saturated rings. The van der Waals surface area contributed by atoms with E-state index in [9.17, 15) is 9.90 Å². The largest absolute Gasteiger partial charge is 0.493 e. The zero-order valence-corrected chi connectivity index (χ0v) is 18.6. The molecular formula is C25H32N2O5. The monoisotopic (exact) mass is 440 g/mol. The summed E-state index contributed by atoms with van der Waals surface area (Å²) in [6.07, 6.45) is 1.66. The number of hydrogen-bond donors (Lipinski definition) is 2. The number of hydrogen-bond acceptors (Lipinski definition) is 6. The molecular weight excluding hydrogens is 408 g/mol. The summed E-state index contributed by atoms with van der Waals surface area (Å²) < 4.78 is 16.9. The van der Waals surface area contributed by atoms with Gasteiger partial charge in [-0.2, -0.15) is 0 Å². The number of fused-ring (bicyclic) bond motifs is 1. The molecule has 2 aliphatic rings. The van der Waals surface area contributed by atoms with Gasteiger partial charge in [-0.1, -0.05) is 23.8 Å². The predicted octanol–water partition coefficient (Wildman–Crippen LogP) is 2.85. The summed E-state index contributed by atoms with van der Waals surface area (Å²) in [6.45, 7) is 5.87. The van der Waals surface area contributed by atoms with Gasteiger partial charge in [-0.05, 0) is 62.7 Å². The van der Waals surface area contributed by atoms with Crippen LogP contribution in [0.1, 0.15) is 36.5 Å². The lowest BCUT2D eigenvalue weighted by Gasteiger charge is -2.29. The summed E-state index contributed by atoms with van der Waals surface area (Å²) in [5, 5.41) is 14.2. The number of aryl methyl sites for hydroxylation is 1. The Morgan fingerprint density at radius 1 is 1.09 bits per heavy atom. The van der Waals surface area contributed by atoms with Gasteiger partial charge in [0.2, 0.25) is 5.91 Å². The molecule has 0 aliphatic carbocycles. The minimum Gasteiger partial charge on any atom is -0.493 e. The van der Waals surface area contributed by atoms with Crippen molar-refractivity contribution >= 4 is 5.91 Å². The van der Waals surface area contributed by atoms with Crippen LogP contribution >= 0.6 is 0 Å². The number of carbonyl (C=O) groups excluding carboxylic acids is 1. The van der Waals surface area contributed by atoms with Crippen LogP contribution in [0.25, 0.3) is 0 Å². The van der Waals surface area contributed by atoms with E-state index in [1.54, 1.807) is 0 Å². The molecule has 1 saturated heterocycles. The molecule has 1 unspecified atom stereocenters. The van der Waals surface area contributed by atoms with Crippen molar-refractivity contribution in [2.45, 2.75) is 38.3 Å². The molecule has 7 nitrogen and oxygen atoms in total. The van der Waals surface area contributed by atoms with E-state index in [2.05, 4.69) is 10.2 Å². The second kappa shape index (κ2) is 10.7. The highest BCUT2D eigenvalue weighted by Crippen LogP contribution is 2.33. The average molecular weight is 441 g/mol. The molecule has 0 bridgehead atoms. The van der Waals surface area contributed by atoms with E-state index in [1.807, 2.05) is 49.4 Å². The van der Waals surface area contributed by atoms with Crippen LogP contribution in [0.2, 0.25) is 0 Å². The minimum absolute atomic E-state index is 0.141. The van der Waals surface area contributed by atoms with Crippen LogP contribution in [0.4, 0.5) is 0 Å². The summed E-state index contributed by atoms with van der Waals surface area (Å²) >= 11 is 0. The van der Waals surface area contributed by atoms with E-state index in [0.717, 1.165) is 37.2 Å². The Hall–Kier alpha value is -2.77. The highest BCUT2D eigenvalue weighted by atomic mass is 16.6. The Bertz CT molecular complexity index is 896. The van der Waals surface area contributed by atoms with E-state index in [4.69, 9.17) is 14.2 Å². The molecule has 2 heterocycles. The van der Waals surface area contributed by atoms with Gasteiger partial charge >= 0.3 is 0 Å². The summed E-state index contributed by atoms with van der Waals surface area (Å²) in [4.78, 5) is 15.0. The number of nitrogens with zero attached hydrogens (tertiary/aromatic N) is 1. The Morgan fingerprint density at radius 2 is 1.81 bits per heavy atom. The van der Waals surface area contributed by atoms with Gasteiger partial charge in [0.25, 0.3) is 0 Å². The maximum Gasteiger partial charge on any atom is 0.223 e. The molecule has 2 aliphatic heterocycles. The van der Waals surface area contributed by atoms with E-state index in [0.29, 0.717) is 36.8 Å². The van der Waals surface area contributed by atoms with Crippen LogP contribution < -0.4 is 19.5 Å². The normalized spacial score (nSPS) is 17.6. The molecule has 172 valence electrons. The fourth-order valence-corrected chi connectivity index (χ4v) is 4.12. The molecule has 2 aromatic carbocycles. The zero-order valence-electron chi connectivity index (χ0n) is 18.6. The van der Waals surface area contributed by atoms with Crippen LogP contribution in [-0.2, 0) is 4.79 Å². The topological polar surface area (TPSA) is 80.3 Å². The average Bonchev–Trinajstić information content (AvgIpc) is 3.32. The van der Waals surface area contributed by atoms with Gasteiger partial charge in [0.1, 0.15) is 25.1 Å². The van der Waals surface area contributed by atoms with Gasteiger partial charge < -0.3 is 29.5 Å². The third-order valence-electron chi connectivity index (χ3n) is 5.91. The van der Waals surface area contributed by atoms with Gasteiger partial charge in [0.05, 0.1) is 19.1 Å². The molecule has 2 atom stereocenters. The number of aliphatic hydroxyl groups is 1. The third kappa shape index (κ3) is 5.93. The summed E-state index contributed by atoms with van der Waals surface area (Å²) in [5.41, 5.74) is 1.86. The van der Waals surface area contributed by atoms with Crippen molar-refractivity contribution in [3.8, 4) is 17.2 Å².